The Morgan fingerprint density at radius 3 is 1.72 bits per heavy atom. The topological polar surface area (TPSA) is 119 Å². The van der Waals surface area contributed by atoms with Gasteiger partial charge >= 0.3 is 17.9 Å². The molecule has 0 aliphatic carbocycles. The molecule has 3 rings (SSSR count). The van der Waals surface area contributed by atoms with E-state index in [-0.39, 0.29) is 31.9 Å². The zero-order valence-electron chi connectivity index (χ0n) is 17.9. The summed E-state index contributed by atoms with van der Waals surface area (Å²) in [6.07, 6.45) is -4.37. The van der Waals surface area contributed by atoms with Crippen LogP contribution in [0.3, 0.4) is 0 Å². The Morgan fingerprint density at radius 1 is 0.750 bits per heavy atom. The molecule has 3 aromatic rings. The van der Waals surface area contributed by atoms with Gasteiger partial charge in [0.25, 0.3) is 5.91 Å². The van der Waals surface area contributed by atoms with Gasteiger partial charge in [0.1, 0.15) is 0 Å². The lowest BCUT2D eigenvalue weighted by atomic mass is 10.1. The monoisotopic (exact) mass is 613 g/mol. The molecule has 0 saturated heterocycles. The number of carboxylic acids is 1. The summed E-state index contributed by atoms with van der Waals surface area (Å²) >= 11 is 21.3. The van der Waals surface area contributed by atoms with Crippen LogP contribution in [-0.4, -0.2) is 41.1 Å². The molecule has 8 nitrogen and oxygen atoms in total. The van der Waals surface area contributed by atoms with Gasteiger partial charge in [0, 0.05) is 10.2 Å². The number of ether oxygens (including phenoxy) is 2. The zero-order chi connectivity index (χ0) is 26.4. The second kappa shape index (κ2) is 12.2. The molecule has 0 spiro atoms. The van der Waals surface area contributed by atoms with Crippen molar-refractivity contribution < 1.29 is 33.8 Å². The Kier molecular flexibility index (Phi) is 9.33. The fourth-order valence-electron chi connectivity index (χ4n) is 2.89. The largest absolute Gasteiger partial charge is 0.478 e. The number of hydrogen-bond donors (Lipinski definition) is 2. The summed E-state index contributed by atoms with van der Waals surface area (Å²) in [5.74, 6) is -5.12. The van der Waals surface area contributed by atoms with Crippen molar-refractivity contribution in [1.29, 1.82) is 0 Å². The van der Waals surface area contributed by atoms with Crippen LogP contribution < -0.4 is 5.32 Å². The van der Waals surface area contributed by atoms with E-state index in [1.807, 2.05) is 0 Å². The van der Waals surface area contributed by atoms with Gasteiger partial charge in [-0.2, -0.15) is 0 Å². The normalized spacial score (nSPS) is 12.2. The molecule has 2 atom stereocenters. The standard InChI is InChI=1S/C24H15BrCl3NO7/c25-15-10-9-12(11-18(15)28)29-21(30)19(35-23(33)13-5-1-3-7-16(13)26)20(22(31)32)36-24(34)14-6-2-4-8-17(14)27/h1-11,19-20H,(H,29,30)(H,31,32)/t19-,20-/m1/s1. The summed E-state index contributed by atoms with van der Waals surface area (Å²) in [4.78, 5) is 50.7. The number of anilines is 1. The van der Waals surface area contributed by atoms with Crippen molar-refractivity contribution in [2.75, 3.05) is 5.32 Å². The first-order chi connectivity index (χ1) is 17.1. The van der Waals surface area contributed by atoms with Gasteiger partial charge in [0.2, 0.25) is 12.2 Å². The Bertz CT molecular complexity index is 1330. The summed E-state index contributed by atoms with van der Waals surface area (Å²) in [6.45, 7) is 0. The van der Waals surface area contributed by atoms with E-state index in [1.165, 1.54) is 54.6 Å². The number of nitrogens with one attached hydrogen (secondary N) is 1. The minimum Gasteiger partial charge on any atom is -0.478 e. The summed E-state index contributed by atoms with van der Waals surface area (Å²) < 4.78 is 10.9. The van der Waals surface area contributed by atoms with Crippen LogP contribution in [-0.2, 0) is 19.1 Å². The van der Waals surface area contributed by atoms with Gasteiger partial charge in [-0.3, -0.25) is 4.79 Å². The maximum Gasteiger partial charge on any atom is 0.349 e. The lowest BCUT2D eigenvalue weighted by molar-refractivity contribution is -0.157. The first kappa shape index (κ1) is 27.5. The van der Waals surface area contributed by atoms with Crippen molar-refractivity contribution in [3.05, 3.63) is 97.4 Å². The Hall–Kier alpha value is -3.11. The minimum atomic E-state index is -2.24. The molecule has 0 fully saturated rings. The highest BCUT2D eigenvalue weighted by Crippen LogP contribution is 2.26. The first-order valence-corrected chi connectivity index (χ1v) is 11.9. The average Bonchev–Trinajstić information content (AvgIpc) is 2.83. The van der Waals surface area contributed by atoms with Crippen LogP contribution in [0, 0.1) is 0 Å². The molecular weight excluding hydrogens is 601 g/mol. The smallest absolute Gasteiger partial charge is 0.349 e. The summed E-state index contributed by atoms with van der Waals surface area (Å²) in [6, 6.07) is 15.9. The second-order valence-electron chi connectivity index (χ2n) is 7.07. The van der Waals surface area contributed by atoms with Gasteiger partial charge in [-0.05, 0) is 58.4 Å². The van der Waals surface area contributed by atoms with Crippen LogP contribution in [0.5, 0.6) is 0 Å². The Balaban J connectivity index is 1.95. The molecule has 0 aliphatic rings. The number of carbonyl (C=O) groups is 4. The van der Waals surface area contributed by atoms with Gasteiger partial charge < -0.3 is 19.9 Å². The van der Waals surface area contributed by atoms with E-state index in [1.54, 1.807) is 12.1 Å². The third-order valence-electron chi connectivity index (χ3n) is 4.62. The SMILES string of the molecule is O=C(O[C@@H](C(=O)O)[C@@H](OC(=O)c1ccccc1Cl)C(=O)Nc1ccc(Br)c(Cl)c1)c1ccccc1Cl. The van der Waals surface area contributed by atoms with E-state index in [9.17, 15) is 24.3 Å². The molecule has 0 unspecified atom stereocenters. The summed E-state index contributed by atoms with van der Waals surface area (Å²) in [7, 11) is 0. The summed E-state index contributed by atoms with van der Waals surface area (Å²) in [5, 5.41) is 12.5. The van der Waals surface area contributed by atoms with E-state index in [2.05, 4.69) is 21.2 Å². The van der Waals surface area contributed by atoms with E-state index >= 15 is 0 Å². The van der Waals surface area contributed by atoms with E-state index in [0.29, 0.717) is 4.47 Å². The van der Waals surface area contributed by atoms with Crippen LogP contribution in [0.2, 0.25) is 15.1 Å². The molecule has 3 aromatic carbocycles. The number of amides is 1. The minimum absolute atomic E-state index is 0.00119. The predicted molar refractivity (Wildman–Crippen MR) is 137 cm³/mol. The number of carbonyl (C=O) groups excluding carboxylic acids is 3. The van der Waals surface area contributed by atoms with Crippen LogP contribution in [0.15, 0.2) is 71.2 Å². The van der Waals surface area contributed by atoms with Crippen LogP contribution in [0.4, 0.5) is 5.69 Å². The maximum absolute atomic E-state index is 13.1. The van der Waals surface area contributed by atoms with Crippen LogP contribution in [0.1, 0.15) is 20.7 Å². The predicted octanol–water partition coefficient (Wildman–Crippen LogP) is 5.88. The molecule has 1 amide bonds. The van der Waals surface area contributed by atoms with Crippen molar-refractivity contribution in [2.45, 2.75) is 12.2 Å². The molecule has 0 heterocycles. The van der Waals surface area contributed by atoms with Crippen molar-refractivity contribution in [2.24, 2.45) is 0 Å². The van der Waals surface area contributed by atoms with E-state index in [4.69, 9.17) is 44.3 Å². The third kappa shape index (κ3) is 6.76. The quantitative estimate of drug-likeness (QED) is 0.304. The Labute approximate surface area is 228 Å². The number of halogens is 4. The fraction of sp³-hybridized carbons (Fsp3) is 0.0833. The molecule has 0 bridgehead atoms. The molecular formula is C24H15BrCl3NO7. The highest BCUT2D eigenvalue weighted by atomic mass is 79.9. The van der Waals surface area contributed by atoms with Gasteiger partial charge in [-0.25, -0.2) is 14.4 Å². The molecule has 12 heteroatoms. The van der Waals surface area contributed by atoms with Gasteiger partial charge in [0.15, 0.2) is 0 Å². The maximum atomic E-state index is 13.1. The highest BCUT2D eigenvalue weighted by molar-refractivity contribution is 9.10. The first-order valence-electron chi connectivity index (χ1n) is 9.98. The van der Waals surface area contributed by atoms with Crippen LogP contribution >= 0.6 is 50.7 Å². The molecule has 0 aromatic heterocycles. The zero-order valence-corrected chi connectivity index (χ0v) is 21.8. The molecule has 36 heavy (non-hydrogen) atoms. The number of carboxylic acid groups (broad SMARTS) is 1. The van der Waals surface area contributed by atoms with Crippen molar-refractivity contribution in [3.63, 3.8) is 0 Å². The number of rotatable bonds is 8. The van der Waals surface area contributed by atoms with Gasteiger partial charge in [-0.15, -0.1) is 0 Å². The van der Waals surface area contributed by atoms with E-state index < -0.39 is 36.0 Å². The molecule has 0 saturated carbocycles. The third-order valence-corrected chi connectivity index (χ3v) is 6.51. The summed E-state index contributed by atoms with van der Waals surface area (Å²) in [5.41, 5.74) is -0.125. The van der Waals surface area contributed by atoms with Crippen molar-refractivity contribution in [3.8, 4) is 0 Å². The van der Waals surface area contributed by atoms with Crippen molar-refractivity contribution in [1.82, 2.24) is 0 Å². The number of benzene rings is 3. The lowest BCUT2D eigenvalue weighted by Gasteiger charge is -2.24. The van der Waals surface area contributed by atoms with Gasteiger partial charge in [0.05, 0.1) is 26.2 Å². The fourth-order valence-corrected chi connectivity index (χ4v) is 3.75. The lowest BCUT2D eigenvalue weighted by Crippen LogP contribution is -2.48. The molecule has 0 radical (unpaired) electrons. The average molecular weight is 616 g/mol. The Morgan fingerprint density at radius 2 is 1.25 bits per heavy atom. The van der Waals surface area contributed by atoms with Crippen molar-refractivity contribution >= 4 is 80.2 Å². The molecule has 2 N–H and O–H groups in total. The van der Waals surface area contributed by atoms with Crippen LogP contribution in [0.25, 0.3) is 0 Å². The second-order valence-corrected chi connectivity index (χ2v) is 9.14. The molecule has 0 aliphatic heterocycles. The highest BCUT2D eigenvalue weighted by Gasteiger charge is 2.41. The number of aliphatic carboxylic acids is 1. The number of esters is 2. The van der Waals surface area contributed by atoms with Gasteiger partial charge in [-0.1, -0.05) is 59.1 Å². The van der Waals surface area contributed by atoms with E-state index in [0.717, 1.165) is 0 Å². The molecule has 186 valence electrons. The number of hydrogen-bond acceptors (Lipinski definition) is 6.